The molecule has 0 fully saturated rings. The van der Waals surface area contributed by atoms with E-state index in [2.05, 4.69) is 10.6 Å². The lowest BCUT2D eigenvalue weighted by atomic mass is 10.0. The molecular formula is C26H33N3O6. The molecule has 9 heteroatoms. The molecule has 3 rings (SSSR count). The first-order chi connectivity index (χ1) is 16.6. The maximum Gasteiger partial charge on any atom is 0.408 e. The highest BCUT2D eigenvalue weighted by molar-refractivity contribution is 5.96. The summed E-state index contributed by atoms with van der Waals surface area (Å²) >= 11 is 0. The first-order valence-corrected chi connectivity index (χ1v) is 11.7. The molecule has 0 spiro atoms. The lowest BCUT2D eigenvalue weighted by molar-refractivity contribution is -0.136. The Hall–Kier alpha value is -3.75. The number of carbonyl (C=O) groups excluding carboxylic acids is 3. The largest absolute Gasteiger partial charge is 0.486 e. The number of anilines is 1. The number of nitrogens with one attached hydrogen (secondary N) is 2. The zero-order chi connectivity index (χ0) is 25.4. The fraction of sp³-hybridized carbons (Fsp3) is 0.423. The van der Waals surface area contributed by atoms with E-state index in [1.807, 2.05) is 30.3 Å². The minimum Gasteiger partial charge on any atom is -0.486 e. The van der Waals surface area contributed by atoms with E-state index >= 15 is 0 Å². The summed E-state index contributed by atoms with van der Waals surface area (Å²) in [7, 11) is 0. The summed E-state index contributed by atoms with van der Waals surface area (Å²) in [4.78, 5) is 40.0. The number of benzene rings is 2. The number of nitrogens with zero attached hydrogens (tertiary/aromatic N) is 1. The van der Waals surface area contributed by atoms with Crippen molar-refractivity contribution in [1.82, 2.24) is 10.2 Å². The number of likely N-dealkylation sites (N-methyl/N-ethyl adjacent to an activating group) is 1. The van der Waals surface area contributed by atoms with E-state index in [4.69, 9.17) is 14.2 Å². The van der Waals surface area contributed by atoms with Gasteiger partial charge in [-0.2, -0.15) is 0 Å². The third-order valence-electron chi connectivity index (χ3n) is 5.13. The number of amides is 3. The van der Waals surface area contributed by atoms with Crippen molar-refractivity contribution in [3.05, 3.63) is 54.1 Å². The average Bonchev–Trinajstić information content (AvgIpc) is 2.81. The van der Waals surface area contributed by atoms with Crippen LogP contribution in [0.15, 0.2) is 48.5 Å². The van der Waals surface area contributed by atoms with Gasteiger partial charge in [0, 0.05) is 24.7 Å². The van der Waals surface area contributed by atoms with Crippen LogP contribution in [-0.2, 0) is 20.7 Å². The third-order valence-corrected chi connectivity index (χ3v) is 5.13. The van der Waals surface area contributed by atoms with Crippen molar-refractivity contribution in [2.24, 2.45) is 0 Å². The molecule has 0 aliphatic carbocycles. The van der Waals surface area contributed by atoms with Crippen molar-refractivity contribution in [3.8, 4) is 11.5 Å². The van der Waals surface area contributed by atoms with Crippen LogP contribution in [0.3, 0.4) is 0 Å². The Labute approximate surface area is 205 Å². The number of carbonyl (C=O) groups is 3. The van der Waals surface area contributed by atoms with Gasteiger partial charge in [-0.1, -0.05) is 30.3 Å². The summed E-state index contributed by atoms with van der Waals surface area (Å²) in [6, 6.07) is 13.6. The highest BCUT2D eigenvalue weighted by atomic mass is 16.6. The number of ether oxygens (including phenoxy) is 3. The summed E-state index contributed by atoms with van der Waals surface area (Å²) in [5.41, 5.74) is 0.701. The second-order valence-electron chi connectivity index (χ2n) is 9.15. The zero-order valence-corrected chi connectivity index (χ0v) is 20.6. The van der Waals surface area contributed by atoms with Crippen LogP contribution < -0.4 is 20.1 Å². The molecule has 35 heavy (non-hydrogen) atoms. The number of hydrogen-bond donors (Lipinski definition) is 2. The molecule has 1 aliphatic rings. The molecule has 9 nitrogen and oxygen atoms in total. The Morgan fingerprint density at radius 2 is 1.71 bits per heavy atom. The van der Waals surface area contributed by atoms with Crippen LogP contribution in [0.5, 0.6) is 11.5 Å². The van der Waals surface area contributed by atoms with Gasteiger partial charge in [-0.05, 0) is 45.4 Å². The fourth-order valence-corrected chi connectivity index (χ4v) is 3.56. The molecule has 0 radical (unpaired) electrons. The van der Waals surface area contributed by atoms with Gasteiger partial charge in [0.2, 0.25) is 11.8 Å². The number of hydrogen-bond acceptors (Lipinski definition) is 6. The molecule has 1 atom stereocenters. The summed E-state index contributed by atoms with van der Waals surface area (Å²) in [5, 5.41) is 5.47. The van der Waals surface area contributed by atoms with Gasteiger partial charge < -0.3 is 29.7 Å². The van der Waals surface area contributed by atoms with Crippen molar-refractivity contribution in [2.75, 3.05) is 31.6 Å². The van der Waals surface area contributed by atoms with Crippen molar-refractivity contribution < 1.29 is 28.6 Å². The van der Waals surface area contributed by atoms with E-state index in [-0.39, 0.29) is 31.3 Å². The van der Waals surface area contributed by atoms with Crippen LogP contribution in [-0.4, -0.2) is 60.8 Å². The van der Waals surface area contributed by atoms with Gasteiger partial charge in [0.1, 0.15) is 24.9 Å². The summed E-state index contributed by atoms with van der Waals surface area (Å²) in [6.45, 7) is 8.06. The second-order valence-corrected chi connectivity index (χ2v) is 9.15. The van der Waals surface area contributed by atoms with Crippen LogP contribution >= 0.6 is 0 Å². The molecule has 0 bridgehead atoms. The highest BCUT2D eigenvalue weighted by Crippen LogP contribution is 2.32. The predicted molar refractivity (Wildman–Crippen MR) is 132 cm³/mol. The molecule has 1 aliphatic heterocycles. The third kappa shape index (κ3) is 7.91. The molecule has 1 heterocycles. The number of fused-ring (bicyclic) bond motifs is 1. The van der Waals surface area contributed by atoms with Crippen LogP contribution in [0.1, 0.15) is 33.3 Å². The van der Waals surface area contributed by atoms with Gasteiger partial charge in [0.25, 0.3) is 0 Å². The quantitative estimate of drug-likeness (QED) is 0.596. The van der Waals surface area contributed by atoms with Crippen LogP contribution in [0.2, 0.25) is 0 Å². The lowest BCUT2D eigenvalue weighted by Gasteiger charge is -2.28. The SMILES string of the molecule is CCN(CC(=O)Nc1ccc2c(c1)OCCO2)C(=O)C(Cc1ccccc1)NC(=O)OC(C)(C)C. The van der Waals surface area contributed by atoms with Gasteiger partial charge in [0.05, 0.1) is 6.54 Å². The normalized spacial score (nSPS) is 13.4. The van der Waals surface area contributed by atoms with Crippen molar-refractivity contribution in [1.29, 1.82) is 0 Å². The van der Waals surface area contributed by atoms with E-state index in [1.165, 1.54) is 4.90 Å². The lowest BCUT2D eigenvalue weighted by Crippen LogP contribution is -2.52. The minimum absolute atomic E-state index is 0.176. The zero-order valence-electron chi connectivity index (χ0n) is 20.6. The van der Waals surface area contributed by atoms with E-state index in [0.29, 0.717) is 30.4 Å². The van der Waals surface area contributed by atoms with Crippen molar-refractivity contribution in [3.63, 3.8) is 0 Å². The van der Waals surface area contributed by atoms with Crippen LogP contribution in [0.4, 0.5) is 10.5 Å². The number of rotatable bonds is 8. The van der Waals surface area contributed by atoms with E-state index < -0.39 is 17.7 Å². The van der Waals surface area contributed by atoms with Gasteiger partial charge in [0.15, 0.2) is 11.5 Å². The Bertz CT molecular complexity index is 1040. The Morgan fingerprint density at radius 1 is 1.03 bits per heavy atom. The van der Waals surface area contributed by atoms with E-state index in [9.17, 15) is 14.4 Å². The topological polar surface area (TPSA) is 106 Å². The summed E-state index contributed by atoms with van der Waals surface area (Å²) < 4.78 is 16.4. The highest BCUT2D eigenvalue weighted by Gasteiger charge is 2.29. The monoisotopic (exact) mass is 483 g/mol. The fourth-order valence-electron chi connectivity index (χ4n) is 3.56. The first-order valence-electron chi connectivity index (χ1n) is 11.7. The molecule has 188 valence electrons. The molecule has 2 aromatic rings. The minimum atomic E-state index is -0.894. The van der Waals surface area contributed by atoms with Gasteiger partial charge >= 0.3 is 6.09 Å². The van der Waals surface area contributed by atoms with Crippen LogP contribution in [0, 0.1) is 0 Å². The maximum absolute atomic E-state index is 13.4. The standard InChI is InChI=1S/C26H33N3O6/c1-5-29(17-23(30)27-19-11-12-21-22(16-19)34-14-13-33-21)24(31)20(15-18-9-7-6-8-10-18)28-25(32)35-26(2,3)4/h6-12,16,20H,5,13-15,17H2,1-4H3,(H,27,30)(H,28,32). The summed E-state index contributed by atoms with van der Waals surface area (Å²) in [5.74, 6) is 0.436. The van der Waals surface area contributed by atoms with Gasteiger partial charge in [-0.3, -0.25) is 9.59 Å². The van der Waals surface area contributed by atoms with E-state index in [1.54, 1.807) is 45.9 Å². The molecule has 3 amide bonds. The van der Waals surface area contributed by atoms with Crippen molar-refractivity contribution in [2.45, 2.75) is 45.8 Å². The average molecular weight is 484 g/mol. The molecular weight excluding hydrogens is 450 g/mol. The van der Waals surface area contributed by atoms with Crippen LogP contribution in [0.25, 0.3) is 0 Å². The Morgan fingerprint density at radius 3 is 2.37 bits per heavy atom. The predicted octanol–water partition coefficient (Wildman–Crippen LogP) is 3.38. The Balaban J connectivity index is 1.68. The number of alkyl carbamates (subject to hydrolysis) is 1. The van der Waals surface area contributed by atoms with E-state index in [0.717, 1.165) is 5.56 Å². The maximum atomic E-state index is 13.4. The molecule has 2 N–H and O–H groups in total. The van der Waals surface area contributed by atoms with Crippen molar-refractivity contribution >= 4 is 23.6 Å². The molecule has 1 unspecified atom stereocenters. The first kappa shape index (κ1) is 25.9. The molecule has 0 aromatic heterocycles. The molecule has 0 saturated carbocycles. The van der Waals surface area contributed by atoms with Gasteiger partial charge in [-0.15, -0.1) is 0 Å². The second kappa shape index (κ2) is 11.6. The van der Waals surface area contributed by atoms with Gasteiger partial charge in [-0.25, -0.2) is 4.79 Å². The summed E-state index contributed by atoms with van der Waals surface area (Å²) in [6.07, 6.45) is -0.428. The smallest absolute Gasteiger partial charge is 0.408 e. The molecule has 0 saturated heterocycles. The molecule has 2 aromatic carbocycles. The Kier molecular flexibility index (Phi) is 8.57.